The van der Waals surface area contributed by atoms with Crippen LogP contribution >= 0.6 is 0 Å². The largest absolute Gasteiger partial charge is 0.665 e. The quantitative estimate of drug-likeness (QED) is 0.0640. The van der Waals surface area contributed by atoms with E-state index in [0.29, 0.717) is 12.9 Å². The van der Waals surface area contributed by atoms with Gasteiger partial charge in [-0.2, -0.15) is 12.8 Å². The summed E-state index contributed by atoms with van der Waals surface area (Å²) >= 11 is 0. The van der Waals surface area contributed by atoms with Crippen LogP contribution in [0.15, 0.2) is 0 Å². The SMILES string of the molecule is O=[C-]NCN[C-]=O.O=[C-]O.O=[C-]O.[CH2-]C(=O)O[C-]=O.[CH2-]C(=O)O[C-]=O.[Y].[Y]. The number of carbonyl (C=O) groups is 2. The van der Waals surface area contributed by atoms with Gasteiger partial charge in [-0.3, -0.25) is 0 Å². The van der Waals surface area contributed by atoms with Gasteiger partial charge >= 0.3 is 0 Å². The number of esters is 2. The number of nitrogens with one attached hydrogen (secondary N) is 2. The fraction of sp³-hybridized carbons (Fsp3) is 0.0909. The standard InChI is InChI=1S/C3H4N2O2.2C3H2O3.2CHO2.2Y/c6-2-4-1-5-3-7;2*1-3(5)6-2-4;2*2-1-3;;/h1H2,(H,4,6)(H,5,7);2*1H2;2*(H,2,3);;/q3*-2;2*-1;;. The Bertz CT molecular complexity index is 348. The zero-order valence-electron chi connectivity index (χ0n) is 13.3. The molecule has 0 unspecified atom stereocenters. The van der Waals surface area contributed by atoms with Crippen LogP contribution in [0.25, 0.3) is 0 Å². The second-order valence-corrected chi connectivity index (χ2v) is 2.03. The minimum Gasteiger partial charge on any atom is -0.665 e. The van der Waals surface area contributed by atoms with Gasteiger partial charge in [0.1, 0.15) is 0 Å². The molecule has 0 fully saturated rings. The molecular formula is C11H10N2O12Y2-8. The maximum atomic E-state index is 9.45. The molecule has 0 spiro atoms. The van der Waals surface area contributed by atoms with Gasteiger partial charge in [0.2, 0.25) is 0 Å². The molecule has 0 aromatic rings. The summed E-state index contributed by atoms with van der Waals surface area (Å²) in [5.41, 5.74) is 0. The summed E-state index contributed by atoms with van der Waals surface area (Å²) in [7, 11) is 0. The monoisotopic (exact) mass is 540 g/mol. The molecule has 0 saturated heterocycles. The Kier molecular flexibility index (Phi) is 93.0. The molecule has 150 valence electrons. The molecule has 0 rings (SSSR count). The Morgan fingerprint density at radius 3 is 1.04 bits per heavy atom. The van der Waals surface area contributed by atoms with Crippen LogP contribution in [0.2, 0.25) is 0 Å². The third-order valence-electron chi connectivity index (χ3n) is 0.632. The van der Waals surface area contributed by atoms with Crippen LogP contribution in [0.4, 0.5) is 0 Å². The molecule has 0 saturated carbocycles. The topological polar surface area (TPSA) is 220 Å². The molecule has 0 bridgehead atoms. The van der Waals surface area contributed by atoms with Gasteiger partial charge < -0.3 is 82.5 Å². The number of aliphatic hydroxyl groups excluding tert-OH is 2. The zero-order chi connectivity index (χ0) is 20.9. The van der Waals surface area contributed by atoms with Gasteiger partial charge in [-0.05, 0) is 0 Å². The normalized spacial score (nSPS) is 5.63. The summed E-state index contributed by atoms with van der Waals surface area (Å²) in [6.07, 6.45) is 2.72. The molecule has 14 nitrogen and oxygen atoms in total. The van der Waals surface area contributed by atoms with E-state index in [1.54, 1.807) is 0 Å². The molecule has 0 atom stereocenters. The maximum absolute atomic E-state index is 9.45. The van der Waals surface area contributed by atoms with Crippen molar-refractivity contribution in [2.75, 3.05) is 6.67 Å². The summed E-state index contributed by atoms with van der Waals surface area (Å²) in [5.74, 6) is -1.77. The van der Waals surface area contributed by atoms with Crippen LogP contribution in [-0.4, -0.2) is 67.5 Å². The molecule has 2 amide bonds. The van der Waals surface area contributed by atoms with Gasteiger partial charge in [-0.15, -0.1) is 0 Å². The average Bonchev–Trinajstić information content (AvgIpc) is 2.50. The van der Waals surface area contributed by atoms with Crippen molar-refractivity contribution in [3.8, 4) is 0 Å². The van der Waals surface area contributed by atoms with E-state index in [0.717, 1.165) is 12.9 Å². The van der Waals surface area contributed by atoms with Crippen molar-refractivity contribution >= 4 is 50.6 Å². The minimum atomic E-state index is -0.884. The number of hydrogen-bond donors (Lipinski definition) is 4. The second kappa shape index (κ2) is 56.4. The molecular weight excluding hydrogens is 530 g/mol. The van der Waals surface area contributed by atoms with Crippen molar-refractivity contribution in [1.82, 2.24) is 10.6 Å². The summed E-state index contributed by atoms with van der Waals surface area (Å²) < 4.78 is 6.97. The van der Waals surface area contributed by atoms with Crippen LogP contribution < -0.4 is 10.6 Å². The Hall–Kier alpha value is -1.89. The summed E-state index contributed by atoms with van der Waals surface area (Å²) in [5, 5.41) is 17.7. The molecule has 0 aliphatic rings. The Morgan fingerprint density at radius 2 is 0.963 bits per heavy atom. The smallest absolute Gasteiger partial charge is 0.170 e. The van der Waals surface area contributed by atoms with Crippen LogP contribution in [0.5, 0.6) is 0 Å². The predicted molar refractivity (Wildman–Crippen MR) is 73.5 cm³/mol. The Morgan fingerprint density at radius 1 is 0.741 bits per heavy atom. The molecule has 0 heterocycles. The molecule has 4 N–H and O–H groups in total. The van der Waals surface area contributed by atoms with Crippen LogP contribution in [-0.2, 0) is 113 Å². The van der Waals surface area contributed by atoms with E-state index in [4.69, 9.17) is 29.4 Å². The maximum Gasteiger partial charge on any atom is 0.170 e. The second-order valence-electron chi connectivity index (χ2n) is 2.03. The van der Waals surface area contributed by atoms with Crippen molar-refractivity contribution in [1.29, 1.82) is 0 Å². The Balaban J connectivity index is -0.0000000377. The molecule has 2 radical (unpaired) electrons. The third kappa shape index (κ3) is 179. The predicted octanol–water partition coefficient (Wildman–Crippen LogP) is -3.66. The number of carbonyl (C=O) groups excluding carboxylic acids is 6. The number of ether oxygens (including phenoxy) is 2. The van der Waals surface area contributed by atoms with Crippen molar-refractivity contribution < 1.29 is 123 Å². The molecule has 0 aromatic carbocycles. The van der Waals surface area contributed by atoms with Crippen LogP contribution in [0.1, 0.15) is 0 Å². The van der Waals surface area contributed by atoms with Gasteiger partial charge in [0.05, 0.1) is 0 Å². The first-order chi connectivity index (χ1) is 11.8. The van der Waals surface area contributed by atoms with Crippen molar-refractivity contribution in [2.24, 2.45) is 0 Å². The van der Waals surface area contributed by atoms with Crippen LogP contribution in [0.3, 0.4) is 0 Å². The third-order valence-corrected chi connectivity index (χ3v) is 0.632. The first-order valence-corrected chi connectivity index (χ1v) is 4.81. The van der Waals surface area contributed by atoms with Crippen molar-refractivity contribution in [2.45, 2.75) is 0 Å². The van der Waals surface area contributed by atoms with Crippen molar-refractivity contribution in [3.63, 3.8) is 0 Å². The van der Waals surface area contributed by atoms with Gasteiger partial charge in [-0.25, -0.2) is 0 Å². The summed E-state index contributed by atoms with van der Waals surface area (Å²) in [6.45, 7) is 8.31. The summed E-state index contributed by atoms with van der Waals surface area (Å²) in [6, 6.07) is 0. The minimum absolute atomic E-state index is 0. The van der Waals surface area contributed by atoms with Gasteiger partial charge in [0, 0.05) is 84.0 Å². The van der Waals surface area contributed by atoms with E-state index in [9.17, 15) is 19.2 Å². The fourth-order valence-electron chi connectivity index (χ4n) is 0.209. The number of rotatable bonds is 6. The first kappa shape index (κ1) is 44.5. The van der Waals surface area contributed by atoms with E-state index in [1.807, 2.05) is 0 Å². The zero-order valence-corrected chi connectivity index (χ0v) is 18.9. The molecule has 27 heavy (non-hydrogen) atoms. The molecule has 16 heteroatoms. The first-order valence-electron chi connectivity index (χ1n) is 4.81. The van der Waals surface area contributed by atoms with Gasteiger partial charge in [-0.1, -0.05) is 12.9 Å². The van der Waals surface area contributed by atoms with Crippen LogP contribution in [0, 0.1) is 13.8 Å². The van der Waals surface area contributed by atoms with Gasteiger partial charge in [0.25, 0.3) is 0 Å². The number of amides is 2. The van der Waals surface area contributed by atoms with Gasteiger partial charge in [0.15, 0.2) is 12.9 Å². The summed E-state index contributed by atoms with van der Waals surface area (Å²) in [4.78, 5) is 71.9. The molecule has 0 aliphatic carbocycles. The van der Waals surface area contributed by atoms with Crippen molar-refractivity contribution in [3.05, 3.63) is 13.8 Å². The average molecular weight is 540 g/mol. The molecule has 0 aromatic heterocycles. The van der Waals surface area contributed by atoms with E-state index in [1.165, 1.54) is 12.8 Å². The fourth-order valence-corrected chi connectivity index (χ4v) is 0.209. The van der Waals surface area contributed by atoms with E-state index in [2.05, 4.69) is 34.0 Å². The van der Waals surface area contributed by atoms with E-state index < -0.39 is 11.9 Å². The van der Waals surface area contributed by atoms with E-state index in [-0.39, 0.29) is 72.1 Å². The molecule has 0 aliphatic heterocycles. The number of hydrogen-bond acceptors (Lipinski definition) is 10. The van der Waals surface area contributed by atoms with E-state index >= 15 is 0 Å². The Labute approximate surface area is 203 Å².